The minimum Gasteiger partial charge on any atom is -0.480 e. The fourth-order valence-electron chi connectivity index (χ4n) is 2.65. The van der Waals surface area contributed by atoms with Gasteiger partial charge in [-0.15, -0.1) is 0 Å². The van der Waals surface area contributed by atoms with E-state index in [1.807, 2.05) is 0 Å². The minimum atomic E-state index is -3.49. The normalized spacial score (nSPS) is 17.0. The maximum Gasteiger partial charge on any atom is 0.329 e. The van der Waals surface area contributed by atoms with Gasteiger partial charge < -0.3 is 15.2 Å². The predicted octanol–water partition coefficient (Wildman–Crippen LogP) is 0.277. The summed E-state index contributed by atoms with van der Waals surface area (Å²) in [5.74, 6) is -1.40. The quantitative estimate of drug-likeness (QED) is 0.634. The Morgan fingerprint density at radius 1 is 1.20 bits per heavy atom. The molecule has 0 bridgehead atoms. The summed E-state index contributed by atoms with van der Waals surface area (Å²) in [7, 11) is -2.15. The highest BCUT2D eigenvalue weighted by molar-refractivity contribution is 7.89. The lowest BCUT2D eigenvalue weighted by Crippen LogP contribution is -2.57. The highest BCUT2D eigenvalue weighted by Crippen LogP contribution is 2.21. The second-order valence-corrected chi connectivity index (χ2v) is 7.79. The summed E-state index contributed by atoms with van der Waals surface area (Å²) in [4.78, 5) is 23.8. The van der Waals surface area contributed by atoms with E-state index in [0.29, 0.717) is 19.6 Å². The molecule has 1 amide bonds. The maximum absolute atomic E-state index is 12.1. The number of sulfonamides is 1. The van der Waals surface area contributed by atoms with Gasteiger partial charge >= 0.3 is 5.97 Å². The van der Waals surface area contributed by atoms with E-state index in [4.69, 9.17) is 4.74 Å². The van der Waals surface area contributed by atoms with Gasteiger partial charge in [0.15, 0.2) is 0 Å². The molecule has 8 nitrogen and oxygen atoms in total. The van der Waals surface area contributed by atoms with Gasteiger partial charge in [0.1, 0.15) is 5.54 Å². The molecule has 1 aliphatic heterocycles. The summed E-state index contributed by atoms with van der Waals surface area (Å²) in [6.07, 6.45) is 0.987. The van der Waals surface area contributed by atoms with Crippen LogP contribution in [0.2, 0.25) is 0 Å². The molecule has 1 saturated heterocycles. The fourth-order valence-corrected chi connectivity index (χ4v) is 3.38. The first-order valence-electron chi connectivity index (χ1n) is 7.94. The van der Waals surface area contributed by atoms with Crippen molar-refractivity contribution in [2.24, 2.45) is 0 Å². The van der Waals surface area contributed by atoms with Gasteiger partial charge in [0.2, 0.25) is 15.9 Å². The monoisotopic (exact) mass is 370 g/mol. The van der Waals surface area contributed by atoms with Gasteiger partial charge in [-0.05, 0) is 31.2 Å². The first-order valence-corrected chi connectivity index (χ1v) is 9.42. The Morgan fingerprint density at radius 3 is 2.32 bits per heavy atom. The van der Waals surface area contributed by atoms with E-state index in [2.05, 4.69) is 10.0 Å². The number of hydrogen-bond donors (Lipinski definition) is 3. The van der Waals surface area contributed by atoms with Crippen molar-refractivity contribution in [2.75, 3.05) is 20.3 Å². The summed E-state index contributed by atoms with van der Waals surface area (Å²) in [6.45, 7) is 0.599. The number of aryl methyl sites for hydroxylation is 1. The molecular weight excluding hydrogens is 348 g/mol. The number of nitrogens with one attached hydrogen (secondary N) is 2. The van der Waals surface area contributed by atoms with Crippen molar-refractivity contribution in [3.05, 3.63) is 29.8 Å². The molecule has 1 heterocycles. The summed E-state index contributed by atoms with van der Waals surface area (Å²) in [6, 6.07) is 6.21. The third-order valence-corrected chi connectivity index (χ3v) is 5.71. The molecule has 1 aliphatic rings. The smallest absolute Gasteiger partial charge is 0.329 e. The van der Waals surface area contributed by atoms with E-state index in [-0.39, 0.29) is 30.1 Å². The zero-order valence-corrected chi connectivity index (χ0v) is 14.8. The lowest BCUT2D eigenvalue weighted by molar-refractivity contribution is -0.152. The Labute approximate surface area is 146 Å². The van der Waals surface area contributed by atoms with Crippen LogP contribution in [-0.4, -0.2) is 51.2 Å². The van der Waals surface area contributed by atoms with E-state index >= 15 is 0 Å². The van der Waals surface area contributed by atoms with Gasteiger partial charge in [-0.1, -0.05) is 12.1 Å². The molecule has 0 aromatic heterocycles. The predicted molar refractivity (Wildman–Crippen MR) is 89.6 cm³/mol. The first-order chi connectivity index (χ1) is 11.8. The second kappa shape index (κ2) is 7.94. The van der Waals surface area contributed by atoms with Gasteiger partial charge in [0.25, 0.3) is 0 Å². The lowest BCUT2D eigenvalue weighted by Gasteiger charge is -2.33. The van der Waals surface area contributed by atoms with Crippen molar-refractivity contribution in [3.63, 3.8) is 0 Å². The Kier molecular flexibility index (Phi) is 6.15. The molecule has 138 valence electrons. The number of carboxylic acid groups (broad SMARTS) is 1. The van der Waals surface area contributed by atoms with E-state index in [0.717, 1.165) is 5.56 Å². The summed E-state index contributed by atoms with van der Waals surface area (Å²) >= 11 is 0. The van der Waals surface area contributed by atoms with E-state index < -0.39 is 21.5 Å². The summed E-state index contributed by atoms with van der Waals surface area (Å²) in [5, 5.41) is 12.0. The third kappa shape index (κ3) is 4.77. The zero-order chi connectivity index (χ0) is 18.5. The second-order valence-electron chi connectivity index (χ2n) is 5.90. The number of benzene rings is 1. The number of hydrogen-bond acceptors (Lipinski definition) is 5. The largest absolute Gasteiger partial charge is 0.480 e. The number of rotatable bonds is 7. The van der Waals surface area contributed by atoms with Crippen molar-refractivity contribution < 1.29 is 27.9 Å². The molecule has 0 aliphatic carbocycles. The number of carbonyl (C=O) groups excluding carboxylic acids is 1. The van der Waals surface area contributed by atoms with E-state index in [9.17, 15) is 23.1 Å². The number of carbonyl (C=O) groups is 2. The molecule has 1 aromatic carbocycles. The lowest BCUT2D eigenvalue weighted by atomic mass is 9.90. The van der Waals surface area contributed by atoms with Crippen LogP contribution >= 0.6 is 0 Å². The Morgan fingerprint density at radius 2 is 1.80 bits per heavy atom. The number of aliphatic carboxylic acids is 1. The van der Waals surface area contributed by atoms with Crippen molar-refractivity contribution in [1.82, 2.24) is 10.0 Å². The van der Waals surface area contributed by atoms with Crippen LogP contribution in [0.25, 0.3) is 0 Å². The third-order valence-electron chi connectivity index (χ3n) is 4.28. The van der Waals surface area contributed by atoms with Crippen molar-refractivity contribution in [2.45, 2.75) is 36.1 Å². The van der Waals surface area contributed by atoms with Gasteiger partial charge in [-0.2, -0.15) is 0 Å². The molecule has 25 heavy (non-hydrogen) atoms. The van der Waals surface area contributed by atoms with Gasteiger partial charge in [0, 0.05) is 32.5 Å². The molecule has 0 radical (unpaired) electrons. The summed E-state index contributed by atoms with van der Waals surface area (Å²) < 4.78 is 30.7. The van der Waals surface area contributed by atoms with Gasteiger partial charge in [-0.25, -0.2) is 17.9 Å². The fraction of sp³-hybridized carbons (Fsp3) is 0.500. The maximum atomic E-state index is 12.1. The van der Waals surface area contributed by atoms with E-state index in [1.165, 1.54) is 19.2 Å². The molecule has 9 heteroatoms. The Bertz CT molecular complexity index is 723. The van der Waals surface area contributed by atoms with Crippen LogP contribution in [0.15, 0.2) is 29.2 Å². The highest BCUT2D eigenvalue weighted by Gasteiger charge is 2.41. The molecular formula is C16H22N2O6S. The zero-order valence-electron chi connectivity index (χ0n) is 13.9. The molecule has 1 fully saturated rings. The molecule has 2 rings (SSSR count). The van der Waals surface area contributed by atoms with Gasteiger partial charge in [0.05, 0.1) is 4.90 Å². The van der Waals surface area contributed by atoms with E-state index in [1.54, 1.807) is 12.1 Å². The van der Waals surface area contributed by atoms with Crippen molar-refractivity contribution >= 4 is 21.9 Å². The van der Waals surface area contributed by atoms with Crippen LogP contribution in [-0.2, 0) is 30.8 Å². The molecule has 3 N–H and O–H groups in total. The first kappa shape index (κ1) is 19.4. The van der Waals surface area contributed by atoms with Crippen LogP contribution in [0.5, 0.6) is 0 Å². The molecule has 0 atom stereocenters. The van der Waals surface area contributed by atoms with Crippen molar-refractivity contribution in [1.29, 1.82) is 0 Å². The van der Waals surface area contributed by atoms with Crippen LogP contribution < -0.4 is 10.0 Å². The SMILES string of the molecule is CNS(=O)(=O)c1ccc(CCC(=O)NC2(C(=O)O)CCOCC2)cc1. The number of ether oxygens (including phenoxy) is 1. The standard InChI is InChI=1S/C16H22N2O6S/c1-17-25(22,23)13-5-2-12(3-6-13)4-7-14(19)18-16(15(20)21)8-10-24-11-9-16/h2-3,5-6,17H,4,7-11H2,1H3,(H,18,19)(H,20,21). The molecule has 0 spiro atoms. The average Bonchev–Trinajstić information content (AvgIpc) is 2.61. The van der Waals surface area contributed by atoms with Gasteiger partial charge in [-0.3, -0.25) is 4.79 Å². The van der Waals surface area contributed by atoms with Crippen LogP contribution in [0.1, 0.15) is 24.8 Å². The number of amides is 1. The topological polar surface area (TPSA) is 122 Å². The average molecular weight is 370 g/mol. The summed E-state index contributed by atoms with van der Waals surface area (Å²) in [5.41, 5.74) is -0.471. The van der Waals surface area contributed by atoms with Crippen LogP contribution in [0, 0.1) is 0 Å². The minimum absolute atomic E-state index is 0.119. The van der Waals surface area contributed by atoms with Crippen LogP contribution in [0.4, 0.5) is 0 Å². The van der Waals surface area contributed by atoms with Crippen LogP contribution in [0.3, 0.4) is 0 Å². The molecule has 0 saturated carbocycles. The van der Waals surface area contributed by atoms with Crippen molar-refractivity contribution in [3.8, 4) is 0 Å². The molecule has 1 aromatic rings. The number of carboxylic acids is 1. The highest BCUT2D eigenvalue weighted by atomic mass is 32.2. The Balaban J connectivity index is 1.94. The Hall–Kier alpha value is -1.97. The molecule has 0 unspecified atom stereocenters.